The second-order valence-electron chi connectivity index (χ2n) is 5.10. The summed E-state index contributed by atoms with van der Waals surface area (Å²) in [6.45, 7) is 1.91. The van der Waals surface area contributed by atoms with Crippen molar-refractivity contribution in [3.05, 3.63) is 59.7 Å². The summed E-state index contributed by atoms with van der Waals surface area (Å²) in [5, 5.41) is 2.76. The number of rotatable bonds is 6. The average Bonchev–Trinajstić information content (AvgIpc) is 2.56. The van der Waals surface area contributed by atoms with Crippen molar-refractivity contribution in [1.82, 2.24) is 0 Å². The summed E-state index contributed by atoms with van der Waals surface area (Å²) in [6, 6.07) is 14.5. The van der Waals surface area contributed by atoms with E-state index in [1.165, 1.54) is 7.11 Å². The highest BCUT2D eigenvalue weighted by molar-refractivity contribution is 5.91. The number of aryl methyl sites for hydroxylation is 1. The highest BCUT2D eigenvalue weighted by Gasteiger charge is 2.05. The van der Waals surface area contributed by atoms with E-state index in [0.29, 0.717) is 5.75 Å². The second kappa shape index (κ2) is 7.98. The fourth-order valence-corrected chi connectivity index (χ4v) is 1.93. The SMILES string of the molecule is COC(=O)Cc1ccc(OCC(=O)Nc2ccc(C)cc2)cc1. The molecule has 5 nitrogen and oxygen atoms in total. The quantitative estimate of drug-likeness (QED) is 0.833. The van der Waals surface area contributed by atoms with Gasteiger partial charge in [0.2, 0.25) is 0 Å². The molecule has 120 valence electrons. The third-order valence-corrected chi connectivity index (χ3v) is 3.20. The zero-order valence-electron chi connectivity index (χ0n) is 13.2. The van der Waals surface area contributed by atoms with Crippen LogP contribution < -0.4 is 10.1 Å². The molecule has 1 amide bonds. The molecule has 0 aliphatic carbocycles. The molecule has 2 aromatic rings. The first-order chi connectivity index (χ1) is 11.1. The minimum absolute atomic E-state index is 0.0791. The zero-order chi connectivity index (χ0) is 16.7. The number of ether oxygens (including phenoxy) is 2. The van der Waals surface area contributed by atoms with Crippen LogP contribution in [0.2, 0.25) is 0 Å². The summed E-state index contributed by atoms with van der Waals surface area (Å²) in [4.78, 5) is 23.0. The van der Waals surface area contributed by atoms with Crippen LogP contribution >= 0.6 is 0 Å². The van der Waals surface area contributed by atoms with Gasteiger partial charge in [0.15, 0.2) is 6.61 Å². The number of carbonyl (C=O) groups is 2. The number of carbonyl (C=O) groups excluding carboxylic acids is 2. The minimum atomic E-state index is -0.295. The van der Waals surface area contributed by atoms with Crippen molar-refractivity contribution in [2.24, 2.45) is 0 Å². The van der Waals surface area contributed by atoms with Crippen LogP contribution in [0.25, 0.3) is 0 Å². The molecule has 0 radical (unpaired) electrons. The van der Waals surface area contributed by atoms with E-state index in [4.69, 9.17) is 4.74 Å². The monoisotopic (exact) mass is 313 g/mol. The van der Waals surface area contributed by atoms with Gasteiger partial charge in [0.1, 0.15) is 5.75 Å². The number of esters is 1. The normalized spacial score (nSPS) is 10.0. The Hall–Kier alpha value is -2.82. The van der Waals surface area contributed by atoms with Gasteiger partial charge in [-0.25, -0.2) is 0 Å². The van der Waals surface area contributed by atoms with E-state index in [0.717, 1.165) is 16.8 Å². The summed E-state index contributed by atoms with van der Waals surface area (Å²) >= 11 is 0. The number of anilines is 1. The van der Waals surface area contributed by atoms with Gasteiger partial charge in [-0.1, -0.05) is 29.8 Å². The molecule has 1 N–H and O–H groups in total. The third kappa shape index (κ3) is 5.47. The Morgan fingerprint density at radius 2 is 1.65 bits per heavy atom. The molecule has 5 heteroatoms. The van der Waals surface area contributed by atoms with Crippen molar-refractivity contribution in [2.75, 3.05) is 19.0 Å². The van der Waals surface area contributed by atoms with Crippen molar-refractivity contribution >= 4 is 17.6 Å². The molecule has 0 heterocycles. The molecule has 0 saturated carbocycles. The lowest BCUT2D eigenvalue weighted by Crippen LogP contribution is -2.20. The van der Waals surface area contributed by atoms with Crippen LogP contribution in [0.3, 0.4) is 0 Å². The maximum absolute atomic E-state index is 11.8. The largest absolute Gasteiger partial charge is 0.484 e. The van der Waals surface area contributed by atoms with Crippen molar-refractivity contribution in [3.8, 4) is 5.75 Å². The van der Waals surface area contributed by atoms with E-state index < -0.39 is 0 Å². The number of hydrogen-bond acceptors (Lipinski definition) is 4. The maximum Gasteiger partial charge on any atom is 0.309 e. The third-order valence-electron chi connectivity index (χ3n) is 3.20. The number of hydrogen-bond donors (Lipinski definition) is 1. The van der Waals surface area contributed by atoms with E-state index >= 15 is 0 Å². The van der Waals surface area contributed by atoms with Crippen LogP contribution in [0.4, 0.5) is 5.69 Å². The molecule has 0 aliphatic heterocycles. The average molecular weight is 313 g/mol. The number of methoxy groups -OCH3 is 1. The lowest BCUT2D eigenvalue weighted by Gasteiger charge is -2.08. The Morgan fingerprint density at radius 1 is 1.00 bits per heavy atom. The van der Waals surface area contributed by atoms with Gasteiger partial charge in [-0.2, -0.15) is 0 Å². The molecule has 0 saturated heterocycles. The van der Waals surface area contributed by atoms with Gasteiger partial charge in [0.05, 0.1) is 13.5 Å². The fraction of sp³-hybridized carbons (Fsp3) is 0.222. The van der Waals surface area contributed by atoms with E-state index in [1.807, 2.05) is 31.2 Å². The fourth-order valence-electron chi connectivity index (χ4n) is 1.93. The van der Waals surface area contributed by atoms with Crippen LogP contribution in [-0.2, 0) is 20.7 Å². The molecule has 0 unspecified atom stereocenters. The van der Waals surface area contributed by atoms with E-state index in [1.54, 1.807) is 24.3 Å². The molecule has 0 aliphatic rings. The molecule has 23 heavy (non-hydrogen) atoms. The molecule has 0 atom stereocenters. The summed E-state index contributed by atoms with van der Waals surface area (Å²) < 4.78 is 10.0. The van der Waals surface area contributed by atoms with Crippen LogP contribution in [-0.4, -0.2) is 25.6 Å². The maximum atomic E-state index is 11.8. The Kier molecular flexibility index (Phi) is 5.74. The lowest BCUT2D eigenvalue weighted by molar-refractivity contribution is -0.139. The first-order valence-electron chi connectivity index (χ1n) is 7.22. The predicted octanol–water partition coefficient (Wildman–Crippen LogP) is 2.73. The molecular weight excluding hydrogens is 294 g/mol. The Labute approximate surface area is 135 Å². The minimum Gasteiger partial charge on any atom is -0.484 e. The first kappa shape index (κ1) is 16.5. The second-order valence-corrected chi connectivity index (χ2v) is 5.10. The van der Waals surface area contributed by atoms with Gasteiger partial charge in [0.25, 0.3) is 5.91 Å². The van der Waals surface area contributed by atoms with Crippen LogP contribution in [0.15, 0.2) is 48.5 Å². The summed E-state index contributed by atoms with van der Waals surface area (Å²) in [5.41, 5.74) is 2.69. The first-order valence-corrected chi connectivity index (χ1v) is 7.22. The predicted molar refractivity (Wildman–Crippen MR) is 87.5 cm³/mol. The van der Waals surface area contributed by atoms with Gasteiger partial charge in [0, 0.05) is 5.69 Å². The summed E-state index contributed by atoms with van der Waals surface area (Å²) in [7, 11) is 1.35. The van der Waals surface area contributed by atoms with Crippen LogP contribution in [0.1, 0.15) is 11.1 Å². The Morgan fingerprint density at radius 3 is 2.26 bits per heavy atom. The topological polar surface area (TPSA) is 64.6 Å². The summed E-state index contributed by atoms with van der Waals surface area (Å²) in [5.74, 6) is 0.0429. The highest BCUT2D eigenvalue weighted by Crippen LogP contribution is 2.13. The molecular formula is C18H19NO4. The molecule has 2 rings (SSSR count). The van der Waals surface area contributed by atoms with E-state index in [2.05, 4.69) is 10.1 Å². The zero-order valence-corrected chi connectivity index (χ0v) is 13.2. The van der Waals surface area contributed by atoms with Crippen LogP contribution in [0, 0.1) is 6.92 Å². The summed E-state index contributed by atoms with van der Waals surface area (Å²) in [6.07, 6.45) is 0.213. The smallest absolute Gasteiger partial charge is 0.309 e. The van der Waals surface area contributed by atoms with Gasteiger partial charge >= 0.3 is 5.97 Å². The number of nitrogens with one attached hydrogen (secondary N) is 1. The van der Waals surface area contributed by atoms with Gasteiger partial charge < -0.3 is 14.8 Å². The molecule has 0 aromatic heterocycles. The van der Waals surface area contributed by atoms with E-state index in [-0.39, 0.29) is 24.9 Å². The van der Waals surface area contributed by atoms with Gasteiger partial charge in [-0.3, -0.25) is 9.59 Å². The highest BCUT2D eigenvalue weighted by atomic mass is 16.5. The Bertz CT molecular complexity index is 662. The molecule has 0 bridgehead atoms. The van der Waals surface area contributed by atoms with Crippen molar-refractivity contribution in [3.63, 3.8) is 0 Å². The van der Waals surface area contributed by atoms with Gasteiger partial charge in [-0.15, -0.1) is 0 Å². The molecule has 0 spiro atoms. The Balaban J connectivity index is 1.82. The number of amides is 1. The number of benzene rings is 2. The molecule has 0 fully saturated rings. The van der Waals surface area contributed by atoms with Gasteiger partial charge in [-0.05, 0) is 36.8 Å². The van der Waals surface area contributed by atoms with Crippen molar-refractivity contribution in [2.45, 2.75) is 13.3 Å². The molecule has 2 aromatic carbocycles. The van der Waals surface area contributed by atoms with Crippen LogP contribution in [0.5, 0.6) is 5.75 Å². The van der Waals surface area contributed by atoms with Crippen molar-refractivity contribution < 1.29 is 19.1 Å². The van der Waals surface area contributed by atoms with Crippen molar-refractivity contribution in [1.29, 1.82) is 0 Å². The standard InChI is InChI=1S/C18H19NO4/c1-13-3-7-15(8-4-13)19-17(20)12-23-16-9-5-14(6-10-16)11-18(21)22-2/h3-10H,11-12H2,1-2H3,(H,19,20). The van der Waals surface area contributed by atoms with E-state index in [9.17, 15) is 9.59 Å². The lowest BCUT2D eigenvalue weighted by atomic mass is 10.1.